The first-order valence-electron chi connectivity index (χ1n) is 5.03. The Balaban J connectivity index is 2.29. The van der Waals surface area contributed by atoms with E-state index in [9.17, 15) is 0 Å². The van der Waals surface area contributed by atoms with Gasteiger partial charge in [-0.3, -0.25) is 5.32 Å². The molecule has 84 valence electrons. The van der Waals surface area contributed by atoms with Crippen molar-refractivity contribution < 1.29 is 4.74 Å². The Morgan fingerprint density at radius 1 is 1.31 bits per heavy atom. The minimum Gasteiger partial charge on any atom is -0.467 e. The summed E-state index contributed by atoms with van der Waals surface area (Å²) in [5.74, 6) is 0.776. The molecule has 7 heteroatoms. The Hall–Kier alpha value is -2.10. The van der Waals surface area contributed by atoms with Gasteiger partial charge in [-0.1, -0.05) is 0 Å². The molecule has 0 bridgehead atoms. The predicted molar refractivity (Wildman–Crippen MR) is 57.1 cm³/mol. The van der Waals surface area contributed by atoms with Crippen molar-refractivity contribution in [2.24, 2.45) is 0 Å². The van der Waals surface area contributed by atoms with Gasteiger partial charge in [-0.05, 0) is 12.8 Å². The van der Waals surface area contributed by atoms with Crippen molar-refractivity contribution in [2.75, 3.05) is 30.4 Å². The van der Waals surface area contributed by atoms with Gasteiger partial charge in [-0.2, -0.15) is 20.2 Å². The molecule has 0 aromatic carbocycles. The highest BCUT2D eigenvalue weighted by Crippen LogP contribution is 2.18. The molecular weight excluding hydrogens is 208 g/mol. The second-order valence-electron chi connectivity index (χ2n) is 3.38. The number of hydrogen-bond donors (Lipinski definition) is 1. The molecule has 0 atom stereocenters. The van der Waals surface area contributed by atoms with Crippen molar-refractivity contribution in [3.05, 3.63) is 0 Å². The van der Waals surface area contributed by atoms with Crippen molar-refractivity contribution in [3.8, 4) is 12.2 Å². The second-order valence-corrected chi connectivity index (χ2v) is 3.38. The number of anilines is 2. The summed E-state index contributed by atoms with van der Waals surface area (Å²) in [4.78, 5) is 14.2. The van der Waals surface area contributed by atoms with Crippen LogP contribution < -0.4 is 15.0 Å². The molecule has 1 N–H and O–H groups in total. The lowest BCUT2D eigenvalue weighted by Crippen LogP contribution is -2.21. The molecule has 0 unspecified atom stereocenters. The van der Waals surface area contributed by atoms with Gasteiger partial charge in [0.2, 0.25) is 11.9 Å². The number of hydrogen-bond acceptors (Lipinski definition) is 7. The standard InChI is InChI=1S/C9H12N6O/c1-16-9-13-7(11-6-10)12-8(14-9)15-4-2-3-5-15/h2-5H2,1H3,(H,11,12,13,14). The maximum atomic E-state index is 8.52. The third-order valence-corrected chi connectivity index (χ3v) is 2.34. The van der Waals surface area contributed by atoms with Gasteiger partial charge in [0.25, 0.3) is 0 Å². The van der Waals surface area contributed by atoms with E-state index in [1.165, 1.54) is 7.11 Å². The maximum absolute atomic E-state index is 8.52. The number of nitriles is 1. The smallest absolute Gasteiger partial charge is 0.322 e. The molecule has 16 heavy (non-hydrogen) atoms. The average Bonchev–Trinajstić information content (AvgIpc) is 2.82. The summed E-state index contributed by atoms with van der Waals surface area (Å²) in [7, 11) is 1.49. The van der Waals surface area contributed by atoms with E-state index < -0.39 is 0 Å². The van der Waals surface area contributed by atoms with Crippen molar-refractivity contribution in [2.45, 2.75) is 12.8 Å². The zero-order chi connectivity index (χ0) is 11.4. The van der Waals surface area contributed by atoms with E-state index in [1.54, 1.807) is 6.19 Å². The lowest BCUT2D eigenvalue weighted by atomic mass is 10.4. The van der Waals surface area contributed by atoms with Gasteiger partial charge >= 0.3 is 6.01 Å². The van der Waals surface area contributed by atoms with Crippen molar-refractivity contribution in [3.63, 3.8) is 0 Å². The van der Waals surface area contributed by atoms with Crippen LogP contribution in [0.1, 0.15) is 12.8 Å². The SMILES string of the molecule is COc1nc(NC#N)nc(N2CCCC2)n1. The maximum Gasteiger partial charge on any atom is 0.322 e. The molecular formula is C9H12N6O. The molecule has 1 aliphatic heterocycles. The summed E-state index contributed by atoms with van der Waals surface area (Å²) in [5, 5.41) is 10.9. The molecule has 0 amide bonds. The number of rotatable bonds is 3. The fraction of sp³-hybridized carbons (Fsp3) is 0.556. The summed E-state index contributed by atoms with van der Waals surface area (Å²) in [5.41, 5.74) is 0. The summed E-state index contributed by atoms with van der Waals surface area (Å²) < 4.78 is 4.96. The van der Waals surface area contributed by atoms with Crippen LogP contribution >= 0.6 is 0 Å². The minimum absolute atomic E-state index is 0.217. The van der Waals surface area contributed by atoms with E-state index in [4.69, 9.17) is 10.00 Å². The Labute approximate surface area is 93.1 Å². The van der Waals surface area contributed by atoms with Gasteiger partial charge in [0, 0.05) is 13.1 Å². The van der Waals surface area contributed by atoms with Crippen molar-refractivity contribution >= 4 is 11.9 Å². The molecule has 2 rings (SSSR count). The van der Waals surface area contributed by atoms with Gasteiger partial charge in [0.15, 0.2) is 6.19 Å². The van der Waals surface area contributed by atoms with E-state index in [0.717, 1.165) is 25.9 Å². The van der Waals surface area contributed by atoms with E-state index in [-0.39, 0.29) is 12.0 Å². The van der Waals surface area contributed by atoms with Gasteiger partial charge in [0.1, 0.15) is 0 Å². The zero-order valence-corrected chi connectivity index (χ0v) is 8.97. The molecule has 7 nitrogen and oxygen atoms in total. The third kappa shape index (κ3) is 2.11. The van der Waals surface area contributed by atoms with Gasteiger partial charge in [-0.15, -0.1) is 0 Å². The van der Waals surface area contributed by atoms with Crippen LogP contribution in [0.3, 0.4) is 0 Å². The Morgan fingerprint density at radius 2 is 2.06 bits per heavy atom. The minimum atomic E-state index is 0.217. The van der Waals surface area contributed by atoms with E-state index in [2.05, 4.69) is 20.3 Å². The number of nitrogens with one attached hydrogen (secondary N) is 1. The molecule has 1 aromatic heterocycles. The summed E-state index contributed by atoms with van der Waals surface area (Å²) in [6.45, 7) is 1.86. The molecule has 1 aliphatic rings. The van der Waals surface area contributed by atoms with E-state index in [1.807, 2.05) is 4.90 Å². The quantitative estimate of drug-likeness (QED) is 0.581. The number of methoxy groups -OCH3 is 1. The predicted octanol–water partition coefficient (Wildman–Crippen LogP) is 0.373. The first-order valence-corrected chi connectivity index (χ1v) is 5.03. The molecule has 1 fully saturated rings. The molecule has 1 saturated heterocycles. The van der Waals surface area contributed by atoms with Crippen molar-refractivity contribution in [1.29, 1.82) is 5.26 Å². The normalized spacial score (nSPS) is 14.6. The van der Waals surface area contributed by atoms with Crippen LogP contribution in [0.4, 0.5) is 11.9 Å². The Bertz CT molecular complexity index is 409. The second kappa shape index (κ2) is 4.61. The summed E-state index contributed by atoms with van der Waals surface area (Å²) >= 11 is 0. The lowest BCUT2D eigenvalue weighted by Gasteiger charge is -2.15. The number of ether oxygens (including phenoxy) is 1. The van der Waals surface area contributed by atoms with Crippen LogP contribution in [-0.2, 0) is 0 Å². The summed E-state index contributed by atoms with van der Waals surface area (Å²) in [6.07, 6.45) is 4.04. The molecule has 0 aliphatic carbocycles. The zero-order valence-electron chi connectivity index (χ0n) is 8.97. The number of nitrogens with zero attached hydrogens (tertiary/aromatic N) is 5. The fourth-order valence-electron chi connectivity index (χ4n) is 1.60. The van der Waals surface area contributed by atoms with Crippen molar-refractivity contribution in [1.82, 2.24) is 15.0 Å². The van der Waals surface area contributed by atoms with Crippen LogP contribution in [0.15, 0.2) is 0 Å². The van der Waals surface area contributed by atoms with E-state index in [0.29, 0.717) is 5.95 Å². The molecule has 0 radical (unpaired) electrons. The van der Waals surface area contributed by atoms with Gasteiger partial charge in [0.05, 0.1) is 7.11 Å². The van der Waals surface area contributed by atoms with Gasteiger partial charge < -0.3 is 9.64 Å². The highest BCUT2D eigenvalue weighted by molar-refractivity contribution is 5.40. The third-order valence-electron chi connectivity index (χ3n) is 2.34. The van der Waals surface area contributed by atoms with Crippen LogP contribution in [0, 0.1) is 11.5 Å². The fourth-order valence-corrected chi connectivity index (χ4v) is 1.60. The topological polar surface area (TPSA) is 87.0 Å². The van der Waals surface area contributed by atoms with Crippen LogP contribution in [0.5, 0.6) is 6.01 Å². The molecule has 0 saturated carbocycles. The first kappa shape index (κ1) is 10.4. The molecule has 1 aromatic rings. The van der Waals surface area contributed by atoms with Crippen LogP contribution in [-0.4, -0.2) is 35.2 Å². The Kier molecular flexibility index (Phi) is 3.00. The average molecular weight is 220 g/mol. The summed E-state index contributed by atoms with van der Waals surface area (Å²) in [6, 6.07) is 0.217. The number of aromatic nitrogens is 3. The molecule has 0 spiro atoms. The Morgan fingerprint density at radius 3 is 2.69 bits per heavy atom. The van der Waals surface area contributed by atoms with Crippen LogP contribution in [0.25, 0.3) is 0 Å². The van der Waals surface area contributed by atoms with Crippen LogP contribution in [0.2, 0.25) is 0 Å². The highest BCUT2D eigenvalue weighted by atomic mass is 16.5. The lowest BCUT2D eigenvalue weighted by molar-refractivity contribution is 0.379. The van der Waals surface area contributed by atoms with Gasteiger partial charge in [-0.25, -0.2) is 0 Å². The molecule has 2 heterocycles. The monoisotopic (exact) mass is 220 g/mol. The highest BCUT2D eigenvalue weighted by Gasteiger charge is 2.17. The van der Waals surface area contributed by atoms with E-state index >= 15 is 0 Å². The largest absolute Gasteiger partial charge is 0.467 e. The first-order chi connectivity index (χ1) is 7.83.